The molecule has 3 saturated carbocycles. The van der Waals surface area contributed by atoms with E-state index < -0.39 is 0 Å². The average molecular weight is 411 g/mol. The van der Waals surface area contributed by atoms with Crippen LogP contribution < -0.4 is 0 Å². The van der Waals surface area contributed by atoms with E-state index in [9.17, 15) is 4.79 Å². The van der Waals surface area contributed by atoms with E-state index in [-0.39, 0.29) is 5.41 Å². The smallest absolute Gasteiger partial charge is 0.138 e. The van der Waals surface area contributed by atoms with E-state index in [1.165, 1.54) is 57.8 Å². The molecule has 0 amide bonds. The fourth-order valence-electron chi connectivity index (χ4n) is 10.2. The molecule has 1 unspecified atom stereocenters. The summed E-state index contributed by atoms with van der Waals surface area (Å²) in [5.41, 5.74) is 5.36. The van der Waals surface area contributed by atoms with Gasteiger partial charge in [0.1, 0.15) is 5.78 Å². The molecular weight excluding hydrogens is 364 g/mol. The number of rotatable bonds is 0. The molecule has 0 saturated heterocycles. The highest BCUT2D eigenvalue weighted by atomic mass is 16.1. The summed E-state index contributed by atoms with van der Waals surface area (Å²) in [6.07, 6.45) is 14.2. The number of carbonyl (C=O) groups is 1. The molecule has 1 heteroatoms. The summed E-state index contributed by atoms with van der Waals surface area (Å²) < 4.78 is 0. The Labute approximate surface area is 185 Å². The first-order chi connectivity index (χ1) is 13.9. The van der Waals surface area contributed by atoms with Crippen molar-refractivity contribution in [1.29, 1.82) is 0 Å². The van der Waals surface area contributed by atoms with Crippen molar-refractivity contribution in [2.24, 2.45) is 44.8 Å². The quantitative estimate of drug-likeness (QED) is 0.368. The fourth-order valence-corrected chi connectivity index (χ4v) is 10.2. The van der Waals surface area contributed by atoms with E-state index >= 15 is 0 Å². The van der Waals surface area contributed by atoms with Gasteiger partial charge < -0.3 is 0 Å². The van der Waals surface area contributed by atoms with Crippen molar-refractivity contribution in [3.8, 4) is 0 Å². The Bertz CT molecular complexity index is 799. The van der Waals surface area contributed by atoms with Crippen molar-refractivity contribution in [3.05, 3.63) is 11.1 Å². The van der Waals surface area contributed by atoms with Gasteiger partial charge >= 0.3 is 0 Å². The van der Waals surface area contributed by atoms with Crippen LogP contribution in [0.25, 0.3) is 0 Å². The third-order valence-corrected chi connectivity index (χ3v) is 12.2. The van der Waals surface area contributed by atoms with Gasteiger partial charge in [-0.3, -0.25) is 4.79 Å². The van der Waals surface area contributed by atoms with Crippen molar-refractivity contribution >= 4 is 5.78 Å². The number of Topliss-reactive ketones (excluding diaryl/α,β-unsaturated/α-hetero) is 1. The van der Waals surface area contributed by atoms with E-state index in [1.807, 2.05) is 11.1 Å². The van der Waals surface area contributed by atoms with Gasteiger partial charge in [0.25, 0.3) is 0 Å². The topological polar surface area (TPSA) is 17.1 Å². The number of allylic oxidation sites excluding steroid dienone is 2. The Morgan fingerprint density at radius 1 is 0.700 bits per heavy atom. The molecule has 30 heavy (non-hydrogen) atoms. The second-order valence-corrected chi connectivity index (χ2v) is 14.2. The molecule has 0 N–H and O–H groups in total. The maximum absolute atomic E-state index is 12.9. The van der Waals surface area contributed by atoms with Gasteiger partial charge in [0, 0.05) is 11.8 Å². The van der Waals surface area contributed by atoms with Crippen LogP contribution in [0.1, 0.15) is 119 Å². The van der Waals surface area contributed by atoms with Gasteiger partial charge in [0.05, 0.1) is 0 Å². The molecule has 0 aromatic rings. The van der Waals surface area contributed by atoms with Gasteiger partial charge in [0.15, 0.2) is 0 Å². The normalized spacial score (nSPS) is 49.6. The lowest BCUT2D eigenvalue weighted by molar-refractivity contribution is -0.205. The third kappa shape index (κ3) is 2.56. The number of fused-ring (bicyclic) bond motifs is 6. The second-order valence-electron chi connectivity index (χ2n) is 14.2. The zero-order chi connectivity index (χ0) is 21.7. The average Bonchev–Trinajstić information content (AvgIpc) is 2.65. The Hall–Kier alpha value is -0.590. The monoisotopic (exact) mass is 410 g/mol. The van der Waals surface area contributed by atoms with Gasteiger partial charge in [-0.2, -0.15) is 0 Å². The van der Waals surface area contributed by atoms with E-state index in [1.54, 1.807) is 0 Å². The minimum atomic E-state index is -0.123. The van der Waals surface area contributed by atoms with Crippen molar-refractivity contribution < 1.29 is 4.79 Å². The Morgan fingerprint density at radius 3 is 2.13 bits per heavy atom. The van der Waals surface area contributed by atoms with Crippen molar-refractivity contribution in [2.45, 2.75) is 119 Å². The van der Waals surface area contributed by atoms with Crippen LogP contribution in [0.4, 0.5) is 0 Å². The first-order valence-corrected chi connectivity index (χ1v) is 13.1. The SMILES string of the molecule is CC1(C)CCC2=C(C1)[C@H]1CC[C@@H]3[C@@]4(C)CCC(=O)C(C)(C)C4CC[C@@]3(C)[C@]1(C)CC2. The first-order valence-electron chi connectivity index (χ1n) is 13.1. The Kier molecular flexibility index (Phi) is 4.43. The van der Waals surface area contributed by atoms with Gasteiger partial charge in [-0.15, -0.1) is 0 Å². The van der Waals surface area contributed by atoms with E-state index in [0.717, 1.165) is 24.7 Å². The molecule has 0 radical (unpaired) electrons. The van der Waals surface area contributed by atoms with Gasteiger partial charge in [-0.05, 0) is 104 Å². The molecule has 0 aliphatic heterocycles. The fraction of sp³-hybridized carbons (Fsp3) is 0.897. The highest BCUT2D eigenvalue weighted by Gasteiger charge is 2.67. The number of carbonyl (C=O) groups excluding carboxylic acids is 1. The van der Waals surface area contributed by atoms with Crippen LogP contribution in [0.3, 0.4) is 0 Å². The van der Waals surface area contributed by atoms with E-state index in [0.29, 0.717) is 33.4 Å². The number of hydrogen-bond donors (Lipinski definition) is 0. The molecule has 5 aliphatic carbocycles. The lowest BCUT2D eigenvalue weighted by atomic mass is 9.34. The molecule has 0 aromatic carbocycles. The molecule has 0 bridgehead atoms. The molecular formula is C29H46O. The van der Waals surface area contributed by atoms with Gasteiger partial charge in [-0.1, -0.05) is 59.6 Å². The number of hydrogen-bond acceptors (Lipinski definition) is 1. The van der Waals surface area contributed by atoms with Crippen molar-refractivity contribution in [1.82, 2.24) is 0 Å². The molecule has 0 aromatic heterocycles. The summed E-state index contributed by atoms with van der Waals surface area (Å²) in [6, 6.07) is 0. The summed E-state index contributed by atoms with van der Waals surface area (Å²) in [5.74, 6) is 2.72. The van der Waals surface area contributed by atoms with Crippen LogP contribution in [0, 0.1) is 44.8 Å². The summed E-state index contributed by atoms with van der Waals surface area (Å²) in [4.78, 5) is 12.9. The molecule has 1 nitrogen and oxygen atoms in total. The summed E-state index contributed by atoms with van der Waals surface area (Å²) >= 11 is 0. The summed E-state index contributed by atoms with van der Waals surface area (Å²) in [7, 11) is 0. The van der Waals surface area contributed by atoms with Gasteiger partial charge in [-0.25, -0.2) is 0 Å². The summed E-state index contributed by atoms with van der Waals surface area (Å²) in [6.45, 7) is 17.6. The minimum absolute atomic E-state index is 0.123. The van der Waals surface area contributed by atoms with Crippen LogP contribution in [-0.4, -0.2) is 5.78 Å². The second kappa shape index (κ2) is 6.26. The van der Waals surface area contributed by atoms with Crippen LogP contribution >= 0.6 is 0 Å². The zero-order valence-electron chi connectivity index (χ0n) is 20.9. The van der Waals surface area contributed by atoms with Crippen LogP contribution in [0.2, 0.25) is 0 Å². The predicted octanol–water partition coefficient (Wildman–Crippen LogP) is 8.13. The van der Waals surface area contributed by atoms with E-state index in [2.05, 4.69) is 48.5 Å². The maximum atomic E-state index is 12.9. The molecule has 5 rings (SSSR count). The standard InChI is InChI=1S/C29H46O/c1-25(2)14-10-19-11-16-28(6)21(20(19)18-25)8-9-23-27(5)15-13-24(30)26(3,4)22(27)12-17-29(23,28)7/h21-23H,8-18H2,1-7H3/t21-,22?,23-,27+,28-,29-/m1/s1. The van der Waals surface area contributed by atoms with Gasteiger partial charge in [0.2, 0.25) is 0 Å². The molecule has 168 valence electrons. The maximum Gasteiger partial charge on any atom is 0.138 e. The van der Waals surface area contributed by atoms with Crippen molar-refractivity contribution in [3.63, 3.8) is 0 Å². The first kappa shape index (κ1) is 21.3. The van der Waals surface area contributed by atoms with Crippen LogP contribution in [-0.2, 0) is 4.79 Å². The zero-order valence-corrected chi connectivity index (χ0v) is 20.9. The molecule has 6 atom stereocenters. The molecule has 5 aliphatic rings. The van der Waals surface area contributed by atoms with E-state index in [4.69, 9.17) is 0 Å². The third-order valence-electron chi connectivity index (χ3n) is 12.2. The lowest BCUT2D eigenvalue weighted by Crippen LogP contribution is -2.64. The number of ketones is 1. The largest absolute Gasteiger partial charge is 0.299 e. The van der Waals surface area contributed by atoms with Crippen LogP contribution in [0.15, 0.2) is 11.1 Å². The lowest BCUT2D eigenvalue weighted by Gasteiger charge is -2.70. The molecule has 3 fully saturated rings. The predicted molar refractivity (Wildman–Crippen MR) is 125 cm³/mol. The Balaban J connectivity index is 1.54. The van der Waals surface area contributed by atoms with Crippen molar-refractivity contribution in [2.75, 3.05) is 0 Å². The minimum Gasteiger partial charge on any atom is -0.299 e. The molecule has 0 spiro atoms. The molecule has 0 heterocycles. The highest BCUT2D eigenvalue weighted by Crippen LogP contribution is 2.74. The summed E-state index contributed by atoms with van der Waals surface area (Å²) in [5, 5.41) is 0. The van der Waals surface area contributed by atoms with Crippen LogP contribution in [0.5, 0.6) is 0 Å². The Morgan fingerprint density at radius 2 is 1.40 bits per heavy atom. The highest BCUT2D eigenvalue weighted by molar-refractivity contribution is 5.85.